The van der Waals surface area contributed by atoms with Crippen LogP contribution >= 0.6 is 0 Å². The first kappa shape index (κ1) is 24.2. The zero-order valence-corrected chi connectivity index (χ0v) is 19.4. The lowest BCUT2D eigenvalue weighted by Crippen LogP contribution is -2.55. The fraction of sp³-hybridized carbons (Fsp3) is 0.640. The minimum atomic E-state index is -0.592. The highest BCUT2D eigenvalue weighted by molar-refractivity contribution is 5.90. The molecule has 7 nitrogen and oxygen atoms in total. The number of hydrogen-bond donors (Lipinski definition) is 3. The van der Waals surface area contributed by atoms with Gasteiger partial charge in [0.15, 0.2) is 0 Å². The minimum absolute atomic E-state index is 0.00400. The summed E-state index contributed by atoms with van der Waals surface area (Å²) in [5, 5.41) is 9.07. The Balaban J connectivity index is 1.55. The average molecular weight is 443 g/mol. The van der Waals surface area contributed by atoms with Crippen LogP contribution in [-0.4, -0.2) is 53.8 Å². The number of likely N-dealkylation sites (tertiary alicyclic amines) is 1. The SMILES string of the molecule is CCC(C)[C@H](NC(=O)[C@@H]1CCCN1CC(=O)NC1CCCC1)C(=O)NCc1ccccc1. The van der Waals surface area contributed by atoms with E-state index in [0.29, 0.717) is 13.0 Å². The van der Waals surface area contributed by atoms with E-state index in [1.807, 2.05) is 49.1 Å². The summed E-state index contributed by atoms with van der Waals surface area (Å²) in [5.41, 5.74) is 1.02. The molecule has 1 heterocycles. The summed E-state index contributed by atoms with van der Waals surface area (Å²) in [6.07, 6.45) is 6.80. The van der Waals surface area contributed by atoms with Crippen molar-refractivity contribution in [3.05, 3.63) is 35.9 Å². The molecule has 1 saturated carbocycles. The molecule has 1 unspecified atom stereocenters. The second kappa shape index (κ2) is 12.0. The van der Waals surface area contributed by atoms with Gasteiger partial charge in [0.2, 0.25) is 17.7 Å². The van der Waals surface area contributed by atoms with Gasteiger partial charge in [-0.2, -0.15) is 0 Å². The van der Waals surface area contributed by atoms with Gasteiger partial charge >= 0.3 is 0 Å². The fourth-order valence-electron chi connectivity index (χ4n) is 4.69. The van der Waals surface area contributed by atoms with Crippen LogP contribution < -0.4 is 16.0 Å². The lowest BCUT2D eigenvalue weighted by molar-refractivity contribution is -0.133. The number of hydrogen-bond acceptors (Lipinski definition) is 4. The number of benzene rings is 1. The molecule has 1 aliphatic carbocycles. The second-order valence-corrected chi connectivity index (χ2v) is 9.25. The molecule has 2 aliphatic rings. The Hall–Kier alpha value is -2.41. The van der Waals surface area contributed by atoms with Gasteiger partial charge in [0.25, 0.3) is 0 Å². The molecule has 0 radical (unpaired) electrons. The second-order valence-electron chi connectivity index (χ2n) is 9.25. The van der Waals surface area contributed by atoms with Gasteiger partial charge in [-0.05, 0) is 43.7 Å². The van der Waals surface area contributed by atoms with E-state index in [1.165, 1.54) is 12.8 Å². The van der Waals surface area contributed by atoms with Gasteiger partial charge in [-0.3, -0.25) is 19.3 Å². The smallest absolute Gasteiger partial charge is 0.243 e. The topological polar surface area (TPSA) is 90.5 Å². The van der Waals surface area contributed by atoms with Crippen molar-refractivity contribution in [2.24, 2.45) is 5.92 Å². The van der Waals surface area contributed by atoms with Crippen LogP contribution in [0.2, 0.25) is 0 Å². The minimum Gasteiger partial charge on any atom is -0.352 e. The van der Waals surface area contributed by atoms with E-state index < -0.39 is 6.04 Å². The molecule has 1 saturated heterocycles. The highest BCUT2D eigenvalue weighted by Gasteiger charge is 2.35. The van der Waals surface area contributed by atoms with E-state index >= 15 is 0 Å². The molecule has 0 bridgehead atoms. The van der Waals surface area contributed by atoms with Crippen molar-refractivity contribution < 1.29 is 14.4 Å². The van der Waals surface area contributed by atoms with E-state index in [9.17, 15) is 14.4 Å². The first-order chi connectivity index (χ1) is 15.5. The van der Waals surface area contributed by atoms with Crippen molar-refractivity contribution in [2.75, 3.05) is 13.1 Å². The summed E-state index contributed by atoms with van der Waals surface area (Å²) in [6, 6.07) is 9.06. The molecule has 1 aromatic carbocycles. The van der Waals surface area contributed by atoms with Crippen LogP contribution in [0.25, 0.3) is 0 Å². The Bertz CT molecular complexity index is 764. The third-order valence-electron chi connectivity index (χ3n) is 6.84. The van der Waals surface area contributed by atoms with Crippen LogP contribution in [-0.2, 0) is 20.9 Å². The van der Waals surface area contributed by atoms with Crippen molar-refractivity contribution in [3.63, 3.8) is 0 Å². The first-order valence-corrected chi connectivity index (χ1v) is 12.1. The van der Waals surface area contributed by atoms with E-state index in [4.69, 9.17) is 0 Å². The Labute approximate surface area is 191 Å². The van der Waals surface area contributed by atoms with Gasteiger partial charge in [-0.15, -0.1) is 0 Å². The Morgan fingerprint density at radius 3 is 2.47 bits per heavy atom. The molecule has 3 atom stereocenters. The van der Waals surface area contributed by atoms with Crippen molar-refractivity contribution in [1.29, 1.82) is 0 Å². The molecule has 1 aromatic rings. The number of rotatable bonds is 10. The summed E-state index contributed by atoms with van der Waals surface area (Å²) in [7, 11) is 0. The number of carbonyl (C=O) groups excluding carboxylic acids is 3. The molecular weight excluding hydrogens is 404 g/mol. The van der Waals surface area contributed by atoms with Crippen LogP contribution in [0, 0.1) is 5.92 Å². The molecule has 3 amide bonds. The lowest BCUT2D eigenvalue weighted by atomic mass is 9.97. The van der Waals surface area contributed by atoms with Crippen molar-refractivity contribution in [1.82, 2.24) is 20.9 Å². The fourth-order valence-corrected chi connectivity index (χ4v) is 4.69. The summed E-state index contributed by atoms with van der Waals surface area (Å²) >= 11 is 0. The highest BCUT2D eigenvalue weighted by atomic mass is 16.2. The largest absolute Gasteiger partial charge is 0.352 e. The van der Waals surface area contributed by atoms with E-state index in [2.05, 4.69) is 16.0 Å². The molecule has 0 spiro atoms. The first-order valence-electron chi connectivity index (χ1n) is 12.1. The molecule has 3 N–H and O–H groups in total. The van der Waals surface area contributed by atoms with Crippen LogP contribution in [0.4, 0.5) is 0 Å². The number of amides is 3. The van der Waals surface area contributed by atoms with Crippen LogP contribution in [0.1, 0.15) is 64.4 Å². The number of carbonyl (C=O) groups is 3. The number of nitrogens with zero attached hydrogens (tertiary/aromatic N) is 1. The maximum Gasteiger partial charge on any atom is 0.243 e. The monoisotopic (exact) mass is 442 g/mol. The molecule has 0 aromatic heterocycles. The van der Waals surface area contributed by atoms with Gasteiger partial charge < -0.3 is 16.0 Å². The summed E-state index contributed by atoms with van der Waals surface area (Å²) < 4.78 is 0. The normalized spacial score (nSPS) is 21.1. The standard InChI is InChI=1S/C25H38N4O3/c1-3-18(2)23(25(32)26-16-19-10-5-4-6-11-19)28-24(31)21-14-9-15-29(21)17-22(30)27-20-12-7-8-13-20/h4-6,10-11,18,20-21,23H,3,7-9,12-17H2,1-2H3,(H,26,32)(H,27,30)(H,28,31)/t18?,21-,23-/m0/s1. The molecule has 2 fully saturated rings. The molecule has 7 heteroatoms. The van der Waals surface area contributed by atoms with Gasteiger partial charge in [0.1, 0.15) is 6.04 Å². The lowest BCUT2D eigenvalue weighted by Gasteiger charge is -2.28. The van der Waals surface area contributed by atoms with Gasteiger partial charge in [-0.25, -0.2) is 0 Å². The molecular formula is C25H38N4O3. The summed E-state index contributed by atoms with van der Waals surface area (Å²) in [5.74, 6) is -0.317. The molecule has 176 valence electrons. The van der Waals surface area contributed by atoms with Crippen LogP contribution in [0.15, 0.2) is 30.3 Å². The van der Waals surface area contributed by atoms with Crippen LogP contribution in [0.5, 0.6) is 0 Å². The quantitative estimate of drug-likeness (QED) is 0.519. The van der Waals surface area contributed by atoms with Crippen molar-refractivity contribution >= 4 is 17.7 Å². The number of nitrogens with one attached hydrogen (secondary N) is 3. The van der Waals surface area contributed by atoms with Gasteiger partial charge in [0.05, 0.1) is 12.6 Å². The molecule has 32 heavy (non-hydrogen) atoms. The van der Waals surface area contributed by atoms with E-state index in [1.54, 1.807) is 0 Å². The Morgan fingerprint density at radius 2 is 1.78 bits per heavy atom. The molecule has 3 rings (SSSR count). The average Bonchev–Trinajstić information content (AvgIpc) is 3.48. The Kier molecular flexibility index (Phi) is 9.09. The predicted molar refractivity (Wildman–Crippen MR) is 125 cm³/mol. The van der Waals surface area contributed by atoms with Gasteiger partial charge in [-0.1, -0.05) is 63.4 Å². The third kappa shape index (κ3) is 6.79. The van der Waals surface area contributed by atoms with Crippen LogP contribution in [0.3, 0.4) is 0 Å². The highest BCUT2D eigenvalue weighted by Crippen LogP contribution is 2.20. The van der Waals surface area contributed by atoms with E-state index in [0.717, 1.165) is 37.8 Å². The maximum atomic E-state index is 13.1. The zero-order chi connectivity index (χ0) is 22.9. The van der Waals surface area contributed by atoms with Crippen molar-refractivity contribution in [3.8, 4) is 0 Å². The van der Waals surface area contributed by atoms with Crippen molar-refractivity contribution in [2.45, 2.75) is 83.5 Å². The third-order valence-corrected chi connectivity index (χ3v) is 6.84. The summed E-state index contributed by atoms with van der Waals surface area (Å²) in [4.78, 5) is 40.5. The van der Waals surface area contributed by atoms with E-state index in [-0.39, 0.29) is 42.3 Å². The maximum absolute atomic E-state index is 13.1. The molecule has 1 aliphatic heterocycles. The summed E-state index contributed by atoms with van der Waals surface area (Å²) in [6.45, 7) is 5.39. The zero-order valence-electron chi connectivity index (χ0n) is 19.4. The van der Waals surface area contributed by atoms with Gasteiger partial charge in [0, 0.05) is 12.6 Å². The predicted octanol–water partition coefficient (Wildman–Crippen LogP) is 2.36. The Morgan fingerprint density at radius 1 is 1.06 bits per heavy atom.